The predicted molar refractivity (Wildman–Crippen MR) is 57.7 cm³/mol. The second kappa shape index (κ2) is 3.70. The largest absolute Gasteiger partial charge is 0.385 e. The number of rotatable bonds is 2. The fourth-order valence-electron chi connectivity index (χ4n) is 1.84. The molecule has 1 aliphatic heterocycles. The normalized spacial score (nSPS) is 24.8. The minimum atomic E-state index is 0.311. The van der Waals surface area contributed by atoms with E-state index in [2.05, 4.69) is 37.6 Å². The fraction of sp³-hybridized carbons (Fsp3) is 0.818. The van der Waals surface area contributed by atoms with Gasteiger partial charge in [0.2, 0.25) is 0 Å². The molecule has 76 valence electrons. The predicted octanol–water partition coefficient (Wildman–Crippen LogP) is 1.98. The van der Waals surface area contributed by atoms with Crippen LogP contribution in [-0.4, -0.2) is 29.6 Å². The van der Waals surface area contributed by atoms with Gasteiger partial charge in [0.1, 0.15) is 0 Å². The highest BCUT2D eigenvalue weighted by molar-refractivity contribution is 4.95. The molecule has 13 heavy (non-hydrogen) atoms. The number of likely N-dealkylation sites (tertiary alicyclic amines) is 1. The Morgan fingerprint density at radius 3 is 2.46 bits per heavy atom. The Hall–Kier alpha value is -0.500. The maximum absolute atomic E-state index is 3.88. The van der Waals surface area contributed by atoms with E-state index in [1.54, 1.807) is 0 Å². The highest BCUT2D eigenvalue weighted by Crippen LogP contribution is 2.20. The summed E-state index contributed by atoms with van der Waals surface area (Å²) in [6.07, 6.45) is 1.24. The van der Waals surface area contributed by atoms with E-state index in [1.807, 2.05) is 6.92 Å². The van der Waals surface area contributed by atoms with Gasteiger partial charge in [0.15, 0.2) is 0 Å². The molecule has 0 aromatic carbocycles. The van der Waals surface area contributed by atoms with Crippen molar-refractivity contribution in [3.05, 3.63) is 12.3 Å². The number of nitrogens with zero attached hydrogens (tertiary/aromatic N) is 1. The van der Waals surface area contributed by atoms with Crippen LogP contribution < -0.4 is 5.32 Å². The Labute approximate surface area is 82.0 Å². The maximum atomic E-state index is 3.88. The molecule has 1 aliphatic rings. The molecule has 1 heterocycles. The summed E-state index contributed by atoms with van der Waals surface area (Å²) in [7, 11) is 0. The Morgan fingerprint density at radius 1 is 1.46 bits per heavy atom. The average Bonchev–Trinajstić information content (AvgIpc) is 2.32. The quantitative estimate of drug-likeness (QED) is 0.702. The van der Waals surface area contributed by atoms with E-state index in [0.29, 0.717) is 11.6 Å². The molecule has 0 aromatic rings. The molecule has 0 amide bonds. The van der Waals surface area contributed by atoms with Gasteiger partial charge in [-0.25, -0.2) is 0 Å². The molecule has 0 aliphatic carbocycles. The van der Waals surface area contributed by atoms with Gasteiger partial charge in [-0.05, 0) is 34.1 Å². The van der Waals surface area contributed by atoms with Gasteiger partial charge in [-0.2, -0.15) is 0 Å². The molecule has 1 rings (SSSR count). The van der Waals surface area contributed by atoms with E-state index in [0.717, 1.165) is 12.2 Å². The van der Waals surface area contributed by atoms with Gasteiger partial charge < -0.3 is 5.32 Å². The van der Waals surface area contributed by atoms with E-state index >= 15 is 0 Å². The Balaban J connectivity index is 2.41. The van der Waals surface area contributed by atoms with Crippen LogP contribution in [0.2, 0.25) is 0 Å². The van der Waals surface area contributed by atoms with Crippen molar-refractivity contribution >= 4 is 0 Å². The first-order valence-corrected chi connectivity index (χ1v) is 5.06. The van der Waals surface area contributed by atoms with Gasteiger partial charge in [-0.15, -0.1) is 0 Å². The van der Waals surface area contributed by atoms with E-state index in [9.17, 15) is 0 Å². The minimum Gasteiger partial charge on any atom is -0.385 e. The van der Waals surface area contributed by atoms with Crippen molar-refractivity contribution in [1.29, 1.82) is 0 Å². The third-order valence-corrected chi connectivity index (χ3v) is 2.59. The molecule has 0 spiro atoms. The highest BCUT2D eigenvalue weighted by atomic mass is 15.2. The summed E-state index contributed by atoms with van der Waals surface area (Å²) in [6, 6.07) is 0.608. The van der Waals surface area contributed by atoms with Crippen molar-refractivity contribution in [3.8, 4) is 0 Å². The van der Waals surface area contributed by atoms with Crippen molar-refractivity contribution in [2.45, 2.75) is 45.7 Å². The van der Waals surface area contributed by atoms with Crippen molar-refractivity contribution in [2.24, 2.45) is 0 Å². The van der Waals surface area contributed by atoms with Crippen LogP contribution >= 0.6 is 0 Å². The molecule has 0 unspecified atom stereocenters. The summed E-state index contributed by atoms with van der Waals surface area (Å²) in [6.45, 7) is 15.1. The molecule has 1 fully saturated rings. The van der Waals surface area contributed by atoms with Crippen LogP contribution in [0.5, 0.6) is 0 Å². The number of allylic oxidation sites excluding steroid dienone is 1. The smallest absolute Gasteiger partial charge is 0.0397 e. The van der Waals surface area contributed by atoms with Crippen LogP contribution in [0.1, 0.15) is 34.1 Å². The van der Waals surface area contributed by atoms with Gasteiger partial charge >= 0.3 is 0 Å². The molecule has 1 saturated heterocycles. The zero-order valence-corrected chi connectivity index (χ0v) is 9.35. The lowest BCUT2D eigenvalue weighted by Gasteiger charge is -2.31. The number of hydrogen-bond acceptors (Lipinski definition) is 2. The molecule has 0 aromatic heterocycles. The molecule has 2 heteroatoms. The molecule has 0 bridgehead atoms. The van der Waals surface area contributed by atoms with Gasteiger partial charge in [-0.1, -0.05) is 6.58 Å². The summed E-state index contributed by atoms with van der Waals surface area (Å²) >= 11 is 0. The standard InChI is InChI=1S/C11H22N2/c1-9(2)12-10-6-7-13(8-10)11(3,4)5/h10,12H,1,6-8H2,2-5H3/t10-/m0/s1. The maximum Gasteiger partial charge on any atom is 0.0397 e. The lowest BCUT2D eigenvalue weighted by Crippen LogP contribution is -2.41. The molecular weight excluding hydrogens is 160 g/mol. The van der Waals surface area contributed by atoms with Gasteiger partial charge in [0, 0.05) is 30.4 Å². The van der Waals surface area contributed by atoms with E-state index in [1.165, 1.54) is 13.0 Å². The van der Waals surface area contributed by atoms with Crippen LogP contribution in [0.3, 0.4) is 0 Å². The summed E-state index contributed by atoms with van der Waals surface area (Å²) in [5.41, 5.74) is 1.40. The molecule has 1 atom stereocenters. The van der Waals surface area contributed by atoms with E-state index < -0.39 is 0 Å². The summed E-state index contributed by atoms with van der Waals surface area (Å²) in [4.78, 5) is 2.52. The minimum absolute atomic E-state index is 0.311. The number of nitrogens with one attached hydrogen (secondary N) is 1. The molecule has 0 radical (unpaired) electrons. The monoisotopic (exact) mass is 182 g/mol. The van der Waals surface area contributed by atoms with Gasteiger partial charge in [0.25, 0.3) is 0 Å². The van der Waals surface area contributed by atoms with Crippen LogP contribution in [0, 0.1) is 0 Å². The second-order valence-electron chi connectivity index (χ2n) is 5.03. The summed E-state index contributed by atoms with van der Waals surface area (Å²) in [5, 5.41) is 3.41. The Bertz CT molecular complexity index is 191. The highest BCUT2D eigenvalue weighted by Gasteiger charge is 2.29. The van der Waals surface area contributed by atoms with Crippen LogP contribution in [0.4, 0.5) is 0 Å². The first-order valence-electron chi connectivity index (χ1n) is 5.06. The fourth-order valence-corrected chi connectivity index (χ4v) is 1.84. The van der Waals surface area contributed by atoms with Crippen LogP contribution in [0.15, 0.2) is 12.3 Å². The Kier molecular flexibility index (Phi) is 3.01. The van der Waals surface area contributed by atoms with E-state index in [-0.39, 0.29) is 0 Å². The molecule has 2 nitrogen and oxygen atoms in total. The zero-order chi connectivity index (χ0) is 10.1. The molecule has 0 saturated carbocycles. The third kappa shape index (κ3) is 3.03. The molecular formula is C11H22N2. The lowest BCUT2D eigenvalue weighted by molar-refractivity contribution is 0.171. The van der Waals surface area contributed by atoms with Crippen molar-refractivity contribution in [1.82, 2.24) is 10.2 Å². The van der Waals surface area contributed by atoms with Crippen LogP contribution in [0.25, 0.3) is 0 Å². The first kappa shape index (κ1) is 10.6. The average molecular weight is 182 g/mol. The third-order valence-electron chi connectivity index (χ3n) is 2.59. The first-order chi connectivity index (χ1) is 5.89. The van der Waals surface area contributed by atoms with Crippen molar-refractivity contribution < 1.29 is 0 Å². The van der Waals surface area contributed by atoms with Crippen molar-refractivity contribution in [2.75, 3.05) is 13.1 Å². The second-order valence-corrected chi connectivity index (χ2v) is 5.03. The molecule has 1 N–H and O–H groups in total. The summed E-state index contributed by atoms with van der Waals surface area (Å²) in [5.74, 6) is 0. The van der Waals surface area contributed by atoms with Crippen LogP contribution in [-0.2, 0) is 0 Å². The van der Waals surface area contributed by atoms with E-state index in [4.69, 9.17) is 0 Å². The SMILES string of the molecule is C=C(C)N[C@H]1CCN(C(C)(C)C)C1. The number of hydrogen-bond donors (Lipinski definition) is 1. The summed E-state index contributed by atoms with van der Waals surface area (Å²) < 4.78 is 0. The zero-order valence-electron chi connectivity index (χ0n) is 9.35. The van der Waals surface area contributed by atoms with Gasteiger partial charge in [-0.3, -0.25) is 4.90 Å². The Morgan fingerprint density at radius 2 is 2.08 bits per heavy atom. The van der Waals surface area contributed by atoms with Gasteiger partial charge in [0.05, 0.1) is 0 Å². The lowest BCUT2D eigenvalue weighted by atomic mass is 10.1. The van der Waals surface area contributed by atoms with Crippen molar-refractivity contribution in [3.63, 3.8) is 0 Å². The topological polar surface area (TPSA) is 15.3 Å².